The molecule has 0 aliphatic carbocycles. The lowest BCUT2D eigenvalue weighted by Crippen LogP contribution is -2.28. The summed E-state index contributed by atoms with van der Waals surface area (Å²) in [7, 11) is 0. The van der Waals surface area contributed by atoms with Gasteiger partial charge in [0.05, 0.1) is 23.2 Å². The summed E-state index contributed by atoms with van der Waals surface area (Å²) < 4.78 is 41.7. The molecule has 5 nitrogen and oxygen atoms in total. The molecule has 0 fully saturated rings. The predicted octanol–water partition coefficient (Wildman–Crippen LogP) is 6.10. The Morgan fingerprint density at radius 1 is 0.946 bits per heavy atom. The monoisotopic (exact) mass is 526 g/mol. The number of nitrogens with zero attached hydrogens (tertiary/aromatic N) is 1. The molecule has 4 rings (SSSR count). The van der Waals surface area contributed by atoms with Crippen LogP contribution in [0.1, 0.15) is 38.3 Å². The van der Waals surface area contributed by atoms with Gasteiger partial charge in [0.15, 0.2) is 0 Å². The van der Waals surface area contributed by atoms with Crippen molar-refractivity contribution in [3.8, 4) is 0 Å². The average molecular weight is 527 g/mol. The van der Waals surface area contributed by atoms with Gasteiger partial charge in [0.25, 0.3) is 5.91 Å². The quantitative estimate of drug-likeness (QED) is 0.291. The Hall–Kier alpha value is -3.91. The van der Waals surface area contributed by atoms with Crippen molar-refractivity contribution in [2.24, 2.45) is 0 Å². The zero-order chi connectivity index (χ0) is 26.6. The number of aliphatic carboxylic acids is 1. The van der Waals surface area contributed by atoms with Gasteiger partial charge in [-0.15, -0.1) is 0 Å². The van der Waals surface area contributed by atoms with Gasteiger partial charge in [0, 0.05) is 29.6 Å². The van der Waals surface area contributed by atoms with E-state index in [1.54, 1.807) is 48.5 Å². The number of rotatable bonds is 8. The number of hydrogen-bond acceptors (Lipinski definition) is 3. The first-order valence-electron chi connectivity index (χ1n) is 11.4. The minimum atomic E-state index is -4.74. The van der Waals surface area contributed by atoms with Crippen molar-refractivity contribution in [1.82, 2.24) is 10.3 Å². The molecule has 0 atom stereocenters. The Kier molecular flexibility index (Phi) is 7.78. The summed E-state index contributed by atoms with van der Waals surface area (Å²) >= 11 is 5.85. The maximum Gasteiger partial charge on any atom is 0.417 e. The molecule has 0 aliphatic rings. The van der Waals surface area contributed by atoms with E-state index in [1.165, 1.54) is 18.3 Å². The second-order valence-corrected chi connectivity index (χ2v) is 8.97. The van der Waals surface area contributed by atoms with Crippen molar-refractivity contribution in [2.75, 3.05) is 6.54 Å². The van der Waals surface area contributed by atoms with E-state index in [9.17, 15) is 22.8 Å². The van der Waals surface area contributed by atoms with E-state index >= 15 is 0 Å². The molecule has 1 aromatic heterocycles. The SMILES string of the molecule is O=C(O)Cc1cnc(Cc2ccc(C(=O)NCCc3ccc(Cl)cc3)c(C(F)(F)F)c2)c2ccccc12. The van der Waals surface area contributed by atoms with E-state index in [0.29, 0.717) is 39.0 Å². The molecular formula is C28H22ClF3N2O3. The summed E-state index contributed by atoms with van der Waals surface area (Å²) in [4.78, 5) is 28.2. The van der Waals surface area contributed by atoms with E-state index < -0.39 is 29.2 Å². The third kappa shape index (κ3) is 6.46. The summed E-state index contributed by atoms with van der Waals surface area (Å²) in [5.41, 5.74) is 0.771. The van der Waals surface area contributed by atoms with Crippen LogP contribution in [0.3, 0.4) is 0 Å². The first-order valence-corrected chi connectivity index (χ1v) is 11.8. The van der Waals surface area contributed by atoms with Gasteiger partial charge in [0.2, 0.25) is 0 Å². The Morgan fingerprint density at radius 3 is 2.30 bits per heavy atom. The molecule has 0 bridgehead atoms. The molecule has 0 unspecified atom stereocenters. The number of pyridine rings is 1. The molecule has 2 N–H and O–H groups in total. The molecule has 190 valence electrons. The number of fused-ring (bicyclic) bond motifs is 1. The number of amides is 1. The highest BCUT2D eigenvalue weighted by atomic mass is 35.5. The van der Waals surface area contributed by atoms with Crippen LogP contribution in [0.4, 0.5) is 13.2 Å². The highest BCUT2D eigenvalue weighted by Crippen LogP contribution is 2.34. The number of aromatic nitrogens is 1. The van der Waals surface area contributed by atoms with E-state index in [0.717, 1.165) is 11.6 Å². The average Bonchev–Trinajstić information content (AvgIpc) is 2.86. The number of nitrogens with one attached hydrogen (secondary N) is 1. The zero-order valence-electron chi connectivity index (χ0n) is 19.5. The van der Waals surface area contributed by atoms with Gasteiger partial charge >= 0.3 is 12.1 Å². The lowest BCUT2D eigenvalue weighted by atomic mass is 9.96. The molecule has 4 aromatic rings. The van der Waals surface area contributed by atoms with Gasteiger partial charge in [-0.25, -0.2) is 0 Å². The van der Waals surface area contributed by atoms with Crippen molar-refractivity contribution in [2.45, 2.75) is 25.4 Å². The Morgan fingerprint density at radius 2 is 1.62 bits per heavy atom. The third-order valence-electron chi connectivity index (χ3n) is 5.92. The van der Waals surface area contributed by atoms with E-state index in [1.807, 2.05) is 0 Å². The summed E-state index contributed by atoms with van der Waals surface area (Å²) in [6.45, 7) is 0.165. The summed E-state index contributed by atoms with van der Waals surface area (Å²) in [6, 6.07) is 17.7. The van der Waals surface area contributed by atoms with Crippen LogP contribution < -0.4 is 5.32 Å². The second-order valence-electron chi connectivity index (χ2n) is 8.53. The fourth-order valence-corrected chi connectivity index (χ4v) is 4.27. The summed E-state index contributed by atoms with van der Waals surface area (Å²) in [6.07, 6.45) is -2.99. The van der Waals surface area contributed by atoms with Gasteiger partial charge in [-0.2, -0.15) is 13.2 Å². The van der Waals surface area contributed by atoms with E-state index in [4.69, 9.17) is 16.7 Å². The van der Waals surface area contributed by atoms with E-state index in [-0.39, 0.29) is 19.4 Å². The second kappa shape index (κ2) is 11.0. The molecule has 1 heterocycles. The summed E-state index contributed by atoms with van der Waals surface area (Å²) in [5, 5.41) is 13.6. The van der Waals surface area contributed by atoms with Crippen molar-refractivity contribution in [3.63, 3.8) is 0 Å². The molecule has 1 amide bonds. The van der Waals surface area contributed by atoms with E-state index in [2.05, 4.69) is 10.3 Å². The molecular weight excluding hydrogens is 505 g/mol. The number of alkyl halides is 3. The lowest BCUT2D eigenvalue weighted by Gasteiger charge is -2.15. The van der Waals surface area contributed by atoms with Crippen LogP contribution in [0, 0.1) is 0 Å². The molecule has 0 aliphatic heterocycles. The van der Waals surface area contributed by atoms with Crippen molar-refractivity contribution < 1.29 is 27.9 Å². The molecule has 3 aromatic carbocycles. The van der Waals surface area contributed by atoms with Crippen molar-refractivity contribution >= 4 is 34.2 Å². The maximum absolute atomic E-state index is 13.9. The van der Waals surface area contributed by atoms with Gasteiger partial charge in [0.1, 0.15) is 0 Å². The normalized spacial score (nSPS) is 11.5. The van der Waals surface area contributed by atoms with Gasteiger partial charge < -0.3 is 10.4 Å². The maximum atomic E-state index is 13.9. The Bertz CT molecular complexity index is 1450. The molecule has 0 saturated heterocycles. The standard InChI is InChI=1S/C28H22ClF3N2O3/c29-20-8-5-17(6-9-20)11-12-33-27(37)23-10-7-18(13-24(23)28(30,31)32)14-25-22-4-2-1-3-21(22)19(16-34-25)15-26(35)36/h1-10,13,16H,11-12,14-15H2,(H,33,37)(H,35,36). The van der Waals surface area contributed by atoms with Crippen LogP contribution in [0.5, 0.6) is 0 Å². The fraction of sp³-hybridized carbons (Fsp3) is 0.179. The smallest absolute Gasteiger partial charge is 0.417 e. The van der Waals surface area contributed by atoms with Crippen molar-refractivity contribution in [1.29, 1.82) is 0 Å². The number of carbonyl (C=O) groups is 2. The molecule has 9 heteroatoms. The van der Waals surface area contributed by atoms with Crippen LogP contribution in [0.15, 0.2) is 72.9 Å². The van der Waals surface area contributed by atoms with Gasteiger partial charge in [-0.05, 0) is 52.8 Å². The van der Waals surface area contributed by atoms with Crippen LogP contribution in [0.25, 0.3) is 10.8 Å². The van der Waals surface area contributed by atoms with Gasteiger partial charge in [-0.1, -0.05) is 54.1 Å². The number of carbonyl (C=O) groups excluding carboxylic acids is 1. The molecule has 0 radical (unpaired) electrons. The van der Waals surface area contributed by atoms with Crippen LogP contribution in [-0.4, -0.2) is 28.5 Å². The van der Waals surface area contributed by atoms with Gasteiger partial charge in [-0.3, -0.25) is 14.6 Å². The van der Waals surface area contributed by atoms with Crippen molar-refractivity contribution in [3.05, 3.63) is 111 Å². The first kappa shape index (κ1) is 26.2. The number of carboxylic acids is 1. The number of carboxylic acid groups (broad SMARTS) is 1. The summed E-state index contributed by atoms with van der Waals surface area (Å²) in [5.74, 6) is -1.81. The molecule has 0 saturated carbocycles. The minimum Gasteiger partial charge on any atom is -0.481 e. The number of benzene rings is 3. The Balaban J connectivity index is 1.57. The number of halogens is 4. The zero-order valence-corrected chi connectivity index (χ0v) is 20.2. The highest BCUT2D eigenvalue weighted by molar-refractivity contribution is 6.30. The van der Waals surface area contributed by atoms with Crippen LogP contribution >= 0.6 is 11.6 Å². The Labute approximate surface area is 215 Å². The van der Waals surface area contributed by atoms with Crippen LogP contribution in [0.2, 0.25) is 5.02 Å². The largest absolute Gasteiger partial charge is 0.481 e. The molecule has 37 heavy (non-hydrogen) atoms. The lowest BCUT2D eigenvalue weighted by molar-refractivity contribution is -0.138. The fourth-order valence-electron chi connectivity index (χ4n) is 4.15. The highest BCUT2D eigenvalue weighted by Gasteiger charge is 2.35. The molecule has 0 spiro atoms. The number of hydrogen-bond donors (Lipinski definition) is 2. The topological polar surface area (TPSA) is 79.3 Å². The first-order chi connectivity index (χ1) is 17.6. The van der Waals surface area contributed by atoms with Crippen LogP contribution in [-0.2, 0) is 30.2 Å². The minimum absolute atomic E-state index is 0.0788. The third-order valence-corrected chi connectivity index (χ3v) is 6.17. The predicted molar refractivity (Wildman–Crippen MR) is 135 cm³/mol.